The van der Waals surface area contributed by atoms with Crippen LogP contribution in [0.3, 0.4) is 0 Å². The van der Waals surface area contributed by atoms with E-state index < -0.39 is 6.89 Å². The zero-order valence-electron chi connectivity index (χ0n) is 31.1. The molecule has 0 spiro atoms. The predicted molar refractivity (Wildman–Crippen MR) is 214 cm³/mol. The van der Waals surface area contributed by atoms with Gasteiger partial charge in [-0.3, -0.25) is 0 Å². The topological polar surface area (TPSA) is 26.3 Å². The lowest BCUT2D eigenvalue weighted by molar-refractivity contribution is -0.142. The van der Waals surface area contributed by atoms with Crippen molar-refractivity contribution in [1.29, 1.82) is 0 Å². The van der Waals surface area contributed by atoms with E-state index in [0.29, 0.717) is 5.41 Å². The van der Waals surface area contributed by atoms with Crippen molar-refractivity contribution < 1.29 is 9.53 Å². The van der Waals surface area contributed by atoms with Crippen LogP contribution in [0, 0.1) is 34.5 Å². The SMILES string of the molecule is CCCCCCCCC1CCC2C3CC=C4CC(OC(=O)C=P(c5ccccc5)(c5ccccc5)c5ccccc5)CCC4(C)C3CCC12C. The Bertz CT molecular complexity index is 1560. The number of allylic oxidation sites excluding steroid dienone is 1. The van der Waals surface area contributed by atoms with Crippen molar-refractivity contribution in [2.24, 2.45) is 34.5 Å². The minimum atomic E-state index is -2.39. The fraction of sp³-hybridized carbons (Fsp3) is 0.532. The monoisotopic (exact) mass is 688 g/mol. The molecular weight excluding hydrogens is 627 g/mol. The fourth-order valence-electron chi connectivity index (χ4n) is 11.5. The van der Waals surface area contributed by atoms with Gasteiger partial charge in [0, 0.05) is 12.2 Å². The Balaban J connectivity index is 1.08. The van der Waals surface area contributed by atoms with Gasteiger partial charge in [0.2, 0.25) is 0 Å². The van der Waals surface area contributed by atoms with E-state index in [-0.39, 0.29) is 17.5 Å². The molecule has 7 atom stereocenters. The first-order valence-corrected chi connectivity index (χ1v) is 22.1. The number of carbonyl (C=O) groups is 1. The van der Waals surface area contributed by atoms with E-state index in [1.807, 2.05) is 5.80 Å². The standard InChI is InChI=1S/C47H61O2P/c1-4-5-6-7-8-12-19-36-27-29-43-42-28-26-37-34-38(30-32-47(37,3)44(42)31-33-46(36,43)2)49-45(48)35-50(39-20-13-9-14-21-39,40-22-15-10-16-23-40)41-24-17-11-18-25-41/h9-11,13-18,20-26,35-36,38,42-44H,4-8,12,19,27-34H2,1-3H3. The van der Waals surface area contributed by atoms with Gasteiger partial charge in [-0.15, -0.1) is 0 Å². The molecule has 0 radical (unpaired) electrons. The molecule has 3 heteroatoms. The smallest absolute Gasteiger partial charge is 0.332 e. The zero-order chi connectivity index (χ0) is 34.6. The summed E-state index contributed by atoms with van der Waals surface area (Å²) in [5.41, 5.74) is 2.38. The lowest BCUT2D eigenvalue weighted by atomic mass is 9.47. The highest BCUT2D eigenvalue weighted by molar-refractivity contribution is 7.95. The third-order valence-corrected chi connectivity index (χ3v) is 18.2. The summed E-state index contributed by atoms with van der Waals surface area (Å²) in [5, 5.41) is 3.53. The van der Waals surface area contributed by atoms with Crippen LogP contribution in [-0.4, -0.2) is 17.9 Å². The lowest BCUT2D eigenvalue weighted by Gasteiger charge is -2.58. The molecule has 3 fully saturated rings. The number of unbranched alkanes of at least 4 members (excludes halogenated alkanes) is 5. The summed E-state index contributed by atoms with van der Waals surface area (Å²) in [6, 6.07) is 31.8. The average molecular weight is 689 g/mol. The molecule has 0 N–H and O–H groups in total. The molecule has 7 rings (SSSR count). The maximum atomic E-state index is 14.2. The average Bonchev–Trinajstić information content (AvgIpc) is 3.49. The first-order chi connectivity index (χ1) is 24.4. The van der Waals surface area contributed by atoms with E-state index >= 15 is 0 Å². The summed E-state index contributed by atoms with van der Waals surface area (Å²) in [6.07, 6.45) is 22.4. The van der Waals surface area contributed by atoms with Crippen LogP contribution in [0.4, 0.5) is 0 Å². The van der Waals surface area contributed by atoms with Crippen LogP contribution in [0.25, 0.3) is 0 Å². The van der Waals surface area contributed by atoms with Gasteiger partial charge in [-0.1, -0.05) is 162 Å². The summed E-state index contributed by atoms with van der Waals surface area (Å²) in [6.45, 7) is 5.21. The molecule has 3 saturated carbocycles. The molecule has 0 heterocycles. The molecule has 50 heavy (non-hydrogen) atoms. The van der Waals surface area contributed by atoms with Gasteiger partial charge < -0.3 is 4.74 Å². The van der Waals surface area contributed by atoms with E-state index in [1.165, 1.54) is 93.0 Å². The van der Waals surface area contributed by atoms with E-state index in [9.17, 15) is 4.79 Å². The van der Waals surface area contributed by atoms with Crippen molar-refractivity contribution >= 4 is 34.6 Å². The normalized spacial score (nSPS) is 30.4. The third-order valence-electron chi connectivity index (χ3n) is 14.2. The van der Waals surface area contributed by atoms with Gasteiger partial charge in [-0.25, -0.2) is 4.79 Å². The van der Waals surface area contributed by atoms with Crippen LogP contribution in [0.1, 0.15) is 117 Å². The predicted octanol–water partition coefficient (Wildman–Crippen LogP) is 11.0. The van der Waals surface area contributed by atoms with Crippen LogP contribution >= 0.6 is 6.89 Å². The Morgan fingerprint density at radius 1 is 0.740 bits per heavy atom. The molecule has 3 aromatic rings. The van der Waals surface area contributed by atoms with Crippen LogP contribution in [0.15, 0.2) is 103 Å². The van der Waals surface area contributed by atoms with Gasteiger partial charge in [0.25, 0.3) is 0 Å². The molecule has 7 unspecified atom stereocenters. The van der Waals surface area contributed by atoms with Gasteiger partial charge >= 0.3 is 5.97 Å². The second kappa shape index (κ2) is 15.4. The molecule has 0 saturated heterocycles. The van der Waals surface area contributed by atoms with Crippen LogP contribution < -0.4 is 15.9 Å². The molecule has 0 amide bonds. The number of rotatable bonds is 12. The molecule has 0 bridgehead atoms. The van der Waals surface area contributed by atoms with Crippen molar-refractivity contribution in [3.8, 4) is 0 Å². The Morgan fingerprint density at radius 3 is 1.96 bits per heavy atom. The second-order valence-corrected chi connectivity index (χ2v) is 20.0. The van der Waals surface area contributed by atoms with Gasteiger partial charge in [0.1, 0.15) is 6.10 Å². The van der Waals surface area contributed by atoms with E-state index in [0.717, 1.165) is 42.9 Å². The number of fused-ring (bicyclic) bond motifs is 5. The Morgan fingerprint density at radius 2 is 1.34 bits per heavy atom. The van der Waals surface area contributed by atoms with Crippen LogP contribution in [0.5, 0.6) is 0 Å². The molecule has 0 aliphatic heterocycles. The summed E-state index contributed by atoms with van der Waals surface area (Å²) in [4.78, 5) is 14.2. The molecule has 3 aromatic carbocycles. The third kappa shape index (κ3) is 6.76. The van der Waals surface area contributed by atoms with E-state index in [2.05, 4.69) is 118 Å². The zero-order valence-corrected chi connectivity index (χ0v) is 32.0. The first kappa shape index (κ1) is 35.6. The van der Waals surface area contributed by atoms with Gasteiger partial charge in [-0.05, 0) is 109 Å². The quantitative estimate of drug-likeness (QED) is 0.0819. The number of benzene rings is 3. The summed E-state index contributed by atoms with van der Waals surface area (Å²) in [7, 11) is 0. The van der Waals surface area contributed by atoms with Gasteiger partial charge in [-0.2, -0.15) is 0 Å². The molecule has 4 aliphatic carbocycles. The fourth-order valence-corrected chi connectivity index (χ4v) is 15.1. The lowest BCUT2D eigenvalue weighted by Crippen LogP contribution is -2.50. The summed E-state index contributed by atoms with van der Waals surface area (Å²) in [5.74, 6) is 5.23. The Labute approximate surface area is 303 Å². The van der Waals surface area contributed by atoms with Crippen molar-refractivity contribution in [2.75, 3.05) is 0 Å². The van der Waals surface area contributed by atoms with Crippen LogP contribution in [0.2, 0.25) is 0 Å². The Kier molecular flexibility index (Phi) is 11.0. The minimum absolute atomic E-state index is 0.0547. The molecule has 266 valence electrons. The molecule has 4 aliphatic rings. The maximum absolute atomic E-state index is 14.2. The Hall–Kier alpha value is -2.83. The van der Waals surface area contributed by atoms with Gasteiger partial charge in [0.05, 0.1) is 0 Å². The highest BCUT2D eigenvalue weighted by Crippen LogP contribution is 2.67. The second-order valence-electron chi connectivity index (χ2n) is 16.8. The van der Waals surface area contributed by atoms with Crippen molar-refractivity contribution in [2.45, 2.75) is 123 Å². The summed E-state index contributed by atoms with van der Waals surface area (Å²) < 4.78 is 6.50. The number of esters is 1. The number of hydrogen-bond acceptors (Lipinski definition) is 2. The first-order valence-electron chi connectivity index (χ1n) is 20.2. The molecule has 2 nitrogen and oxygen atoms in total. The van der Waals surface area contributed by atoms with Gasteiger partial charge in [0.15, 0.2) is 0 Å². The van der Waals surface area contributed by atoms with Crippen LogP contribution in [-0.2, 0) is 9.53 Å². The van der Waals surface area contributed by atoms with Crippen molar-refractivity contribution in [3.05, 3.63) is 103 Å². The highest BCUT2D eigenvalue weighted by Gasteiger charge is 2.58. The number of carbonyl (C=O) groups excluding carboxylic acids is 1. The largest absolute Gasteiger partial charge is 0.459 e. The summed E-state index contributed by atoms with van der Waals surface area (Å²) >= 11 is 0. The molecular formula is C47H61O2P. The highest BCUT2D eigenvalue weighted by atomic mass is 31.2. The minimum Gasteiger partial charge on any atom is -0.459 e. The van der Waals surface area contributed by atoms with Crippen molar-refractivity contribution in [3.63, 3.8) is 0 Å². The molecule has 0 aromatic heterocycles. The number of ether oxygens (including phenoxy) is 1. The van der Waals surface area contributed by atoms with E-state index in [1.54, 1.807) is 5.57 Å². The maximum Gasteiger partial charge on any atom is 0.332 e. The van der Waals surface area contributed by atoms with Crippen molar-refractivity contribution in [1.82, 2.24) is 0 Å². The number of hydrogen-bond donors (Lipinski definition) is 0. The van der Waals surface area contributed by atoms with E-state index in [4.69, 9.17) is 4.74 Å².